The predicted molar refractivity (Wildman–Crippen MR) is 51.5 cm³/mol. The molecule has 2 atom stereocenters. The number of carbonyl (C=O) groups is 2. The first-order valence-corrected chi connectivity index (χ1v) is 5.22. The number of carbonyl (C=O) groups excluding carboxylic acids is 2. The van der Waals surface area contributed by atoms with Gasteiger partial charge in [-0.1, -0.05) is 6.92 Å². The van der Waals surface area contributed by atoms with Crippen LogP contribution in [0.3, 0.4) is 0 Å². The molecule has 0 aromatic carbocycles. The van der Waals surface area contributed by atoms with Gasteiger partial charge in [0.1, 0.15) is 0 Å². The summed E-state index contributed by atoms with van der Waals surface area (Å²) in [6.07, 6.45) is 3.47. The number of piperazine rings is 1. The van der Waals surface area contributed by atoms with E-state index in [2.05, 4.69) is 12.2 Å². The summed E-state index contributed by atoms with van der Waals surface area (Å²) in [4.78, 5) is 24.3. The zero-order chi connectivity index (χ0) is 10.1. The van der Waals surface area contributed by atoms with Gasteiger partial charge < -0.3 is 0 Å². The fraction of sp³-hybridized carbons (Fsp3) is 0.800. The number of nitrogens with one attached hydrogen (secondary N) is 1. The predicted octanol–water partition coefficient (Wildman–Crippen LogP) is 0.133. The summed E-state index contributed by atoms with van der Waals surface area (Å²) in [5.41, 5.74) is 0. The van der Waals surface area contributed by atoms with Crippen LogP contribution >= 0.6 is 0 Å². The van der Waals surface area contributed by atoms with Crippen LogP contribution in [0.2, 0.25) is 0 Å². The molecule has 0 radical (unpaired) electrons. The first-order valence-electron chi connectivity index (χ1n) is 5.22. The highest BCUT2D eigenvalue weighted by atomic mass is 16.2. The average molecular weight is 196 g/mol. The van der Waals surface area contributed by atoms with Gasteiger partial charge in [0.05, 0.1) is 13.1 Å². The van der Waals surface area contributed by atoms with E-state index in [4.69, 9.17) is 0 Å². The Balaban J connectivity index is 1.97. The number of nitrogens with zero attached hydrogens (tertiary/aromatic N) is 1. The van der Waals surface area contributed by atoms with Crippen molar-refractivity contribution in [1.29, 1.82) is 0 Å². The van der Waals surface area contributed by atoms with Crippen molar-refractivity contribution in [2.24, 2.45) is 5.92 Å². The Hall–Kier alpha value is -0.900. The molecule has 14 heavy (non-hydrogen) atoms. The summed E-state index contributed by atoms with van der Waals surface area (Å²) < 4.78 is 0. The molecule has 2 amide bonds. The van der Waals surface area contributed by atoms with E-state index in [9.17, 15) is 9.59 Å². The maximum Gasteiger partial charge on any atom is 0.240 e. The lowest BCUT2D eigenvalue weighted by Crippen LogP contribution is -2.54. The van der Waals surface area contributed by atoms with Crippen molar-refractivity contribution in [3.63, 3.8) is 0 Å². The van der Waals surface area contributed by atoms with Crippen LogP contribution in [0.25, 0.3) is 0 Å². The van der Waals surface area contributed by atoms with E-state index < -0.39 is 0 Å². The molecule has 1 saturated carbocycles. The fourth-order valence-corrected chi connectivity index (χ4v) is 2.43. The van der Waals surface area contributed by atoms with Crippen molar-refractivity contribution in [1.82, 2.24) is 10.2 Å². The van der Waals surface area contributed by atoms with E-state index in [0.717, 1.165) is 18.8 Å². The van der Waals surface area contributed by atoms with Crippen LogP contribution in [0.4, 0.5) is 0 Å². The Labute approximate surface area is 83.6 Å². The highest BCUT2D eigenvalue weighted by Gasteiger charge is 2.32. The zero-order valence-corrected chi connectivity index (χ0v) is 8.45. The highest BCUT2D eigenvalue weighted by molar-refractivity contribution is 5.99. The van der Waals surface area contributed by atoms with Crippen LogP contribution in [-0.2, 0) is 9.59 Å². The van der Waals surface area contributed by atoms with Crippen molar-refractivity contribution in [3.8, 4) is 0 Å². The van der Waals surface area contributed by atoms with Crippen molar-refractivity contribution < 1.29 is 9.59 Å². The summed E-state index contributed by atoms with van der Waals surface area (Å²) >= 11 is 0. The van der Waals surface area contributed by atoms with E-state index >= 15 is 0 Å². The summed E-state index contributed by atoms with van der Waals surface area (Å²) in [7, 11) is 0. The second-order valence-electron chi connectivity index (χ2n) is 4.45. The number of rotatable bonds is 1. The Bertz CT molecular complexity index is 249. The summed E-state index contributed by atoms with van der Waals surface area (Å²) in [6.45, 7) is 3.01. The lowest BCUT2D eigenvalue weighted by atomic mass is 10.1. The van der Waals surface area contributed by atoms with E-state index in [1.165, 1.54) is 6.42 Å². The summed E-state index contributed by atoms with van der Waals surface area (Å²) in [5.74, 6) is 0.432. The first kappa shape index (κ1) is 9.65. The lowest BCUT2D eigenvalue weighted by molar-refractivity contribution is -0.137. The number of amides is 2. The molecule has 0 bridgehead atoms. The average Bonchev–Trinajstić information content (AvgIpc) is 2.50. The van der Waals surface area contributed by atoms with E-state index in [1.807, 2.05) is 4.90 Å². The molecule has 2 aliphatic rings. The molecule has 2 unspecified atom stereocenters. The maximum absolute atomic E-state index is 11.1. The third-order valence-electron chi connectivity index (χ3n) is 3.16. The minimum Gasteiger partial charge on any atom is -0.294 e. The third kappa shape index (κ3) is 1.95. The van der Waals surface area contributed by atoms with E-state index in [-0.39, 0.29) is 11.8 Å². The van der Waals surface area contributed by atoms with E-state index in [1.54, 1.807) is 0 Å². The molecule has 0 aromatic rings. The smallest absolute Gasteiger partial charge is 0.240 e. The molecule has 1 aliphatic heterocycles. The monoisotopic (exact) mass is 196 g/mol. The Morgan fingerprint density at radius 2 is 1.86 bits per heavy atom. The molecule has 1 saturated heterocycles. The van der Waals surface area contributed by atoms with Crippen LogP contribution in [0.15, 0.2) is 0 Å². The van der Waals surface area contributed by atoms with Gasteiger partial charge in [0.2, 0.25) is 11.8 Å². The van der Waals surface area contributed by atoms with Gasteiger partial charge in [-0.25, -0.2) is 0 Å². The SMILES string of the molecule is CC1CCC(N2CC(=O)NC(=O)C2)C1. The molecular weight excluding hydrogens is 180 g/mol. The van der Waals surface area contributed by atoms with Gasteiger partial charge in [-0.15, -0.1) is 0 Å². The van der Waals surface area contributed by atoms with Crippen molar-refractivity contribution in [2.45, 2.75) is 32.2 Å². The number of imide groups is 1. The zero-order valence-electron chi connectivity index (χ0n) is 8.45. The van der Waals surface area contributed by atoms with Gasteiger partial charge in [0, 0.05) is 6.04 Å². The molecule has 0 spiro atoms. The molecule has 1 aliphatic carbocycles. The van der Waals surface area contributed by atoms with Crippen LogP contribution in [-0.4, -0.2) is 35.8 Å². The summed E-state index contributed by atoms with van der Waals surface area (Å²) in [6, 6.07) is 0.444. The van der Waals surface area contributed by atoms with Gasteiger partial charge in [0.25, 0.3) is 0 Å². The molecule has 2 fully saturated rings. The van der Waals surface area contributed by atoms with Crippen LogP contribution in [0.1, 0.15) is 26.2 Å². The van der Waals surface area contributed by atoms with Gasteiger partial charge in [-0.2, -0.15) is 0 Å². The van der Waals surface area contributed by atoms with Crippen molar-refractivity contribution in [3.05, 3.63) is 0 Å². The first-order chi connectivity index (χ1) is 6.65. The largest absolute Gasteiger partial charge is 0.294 e. The Kier molecular flexibility index (Phi) is 2.54. The summed E-state index contributed by atoms with van der Waals surface area (Å²) in [5, 5.41) is 2.32. The van der Waals surface area contributed by atoms with Crippen molar-refractivity contribution >= 4 is 11.8 Å². The van der Waals surface area contributed by atoms with Gasteiger partial charge in [-0.05, 0) is 25.2 Å². The second kappa shape index (κ2) is 3.69. The minimum atomic E-state index is -0.152. The highest BCUT2D eigenvalue weighted by Crippen LogP contribution is 2.28. The lowest BCUT2D eigenvalue weighted by Gasteiger charge is -2.30. The molecule has 2 rings (SSSR count). The standard InChI is InChI=1S/C10H16N2O2/c1-7-2-3-8(4-7)12-5-9(13)11-10(14)6-12/h7-8H,2-6H2,1H3,(H,11,13,14). The molecular formula is C10H16N2O2. The van der Waals surface area contributed by atoms with Gasteiger partial charge in [0.15, 0.2) is 0 Å². The van der Waals surface area contributed by atoms with Gasteiger partial charge >= 0.3 is 0 Å². The molecule has 1 heterocycles. The third-order valence-corrected chi connectivity index (χ3v) is 3.16. The molecule has 0 aromatic heterocycles. The van der Waals surface area contributed by atoms with Crippen molar-refractivity contribution in [2.75, 3.05) is 13.1 Å². The fourth-order valence-electron chi connectivity index (χ4n) is 2.43. The minimum absolute atomic E-state index is 0.152. The Morgan fingerprint density at radius 1 is 1.21 bits per heavy atom. The molecule has 78 valence electrons. The molecule has 1 N–H and O–H groups in total. The molecule has 4 heteroatoms. The number of hydrogen-bond donors (Lipinski definition) is 1. The maximum atomic E-state index is 11.1. The topological polar surface area (TPSA) is 49.4 Å². The van der Waals surface area contributed by atoms with Crippen LogP contribution in [0, 0.1) is 5.92 Å². The van der Waals surface area contributed by atoms with Crippen LogP contribution < -0.4 is 5.32 Å². The van der Waals surface area contributed by atoms with Gasteiger partial charge in [-0.3, -0.25) is 19.8 Å². The Morgan fingerprint density at radius 3 is 2.36 bits per heavy atom. The normalized spacial score (nSPS) is 34.6. The quantitative estimate of drug-likeness (QED) is 0.607. The number of hydrogen-bond acceptors (Lipinski definition) is 3. The molecule has 4 nitrogen and oxygen atoms in total. The van der Waals surface area contributed by atoms with Crippen LogP contribution in [0.5, 0.6) is 0 Å². The second-order valence-corrected chi connectivity index (χ2v) is 4.45. The van der Waals surface area contributed by atoms with E-state index in [0.29, 0.717) is 19.1 Å².